The Morgan fingerprint density at radius 2 is 1.96 bits per heavy atom. The monoisotopic (exact) mass is 366 g/mol. The second-order valence-electron chi connectivity index (χ2n) is 4.71. The third-order valence-corrected chi connectivity index (χ3v) is 3.74. The number of alkyl halides is 3. The van der Waals surface area contributed by atoms with Crippen molar-refractivity contribution in [3.63, 3.8) is 0 Å². The lowest BCUT2D eigenvalue weighted by molar-refractivity contribution is -0.385. The fourth-order valence-electron chi connectivity index (χ4n) is 2.01. The molecule has 24 heavy (non-hydrogen) atoms. The number of rotatable bonds is 2. The minimum absolute atomic E-state index is 0.0659. The third-order valence-electron chi connectivity index (χ3n) is 3.12. The van der Waals surface area contributed by atoms with Crippen LogP contribution < -0.4 is 0 Å². The molecule has 12 heteroatoms. The molecule has 130 valence electrons. The number of halogens is 3. The van der Waals surface area contributed by atoms with Crippen LogP contribution in [0, 0.1) is 10.1 Å². The van der Waals surface area contributed by atoms with E-state index in [-0.39, 0.29) is 13.2 Å². The molecule has 0 aliphatic carbocycles. The number of nitro benzene ring substituents is 1. The highest BCUT2D eigenvalue weighted by atomic mass is 32.2. The summed E-state index contributed by atoms with van der Waals surface area (Å²) in [6, 6.07) is 1.51. The summed E-state index contributed by atoms with van der Waals surface area (Å²) in [5.74, 6) is -0.963. The SMILES string of the molecule is O=C(c1cc([N+](=O)[O-])cc(C(F)(F)F)c1)N1CCOC(=S(=O)=O)C1. The molecule has 1 saturated heterocycles. The van der Waals surface area contributed by atoms with Gasteiger partial charge in [-0.15, -0.1) is 0 Å². The molecule has 2 rings (SSSR count). The van der Waals surface area contributed by atoms with Crippen LogP contribution in [-0.2, 0) is 21.2 Å². The van der Waals surface area contributed by atoms with Gasteiger partial charge in [0.15, 0.2) is 5.05 Å². The zero-order chi connectivity index (χ0) is 18.1. The number of carbonyl (C=O) groups is 1. The fraction of sp³-hybridized carbons (Fsp3) is 0.333. The number of benzene rings is 1. The summed E-state index contributed by atoms with van der Waals surface area (Å²) in [7, 11) is -2.71. The summed E-state index contributed by atoms with van der Waals surface area (Å²) in [5, 5.41) is 10.3. The highest BCUT2D eigenvalue weighted by Gasteiger charge is 2.34. The topological polar surface area (TPSA) is 107 Å². The summed E-state index contributed by atoms with van der Waals surface area (Å²) in [4.78, 5) is 23.0. The molecule has 0 atom stereocenters. The van der Waals surface area contributed by atoms with Gasteiger partial charge in [-0.05, 0) is 6.07 Å². The maximum atomic E-state index is 12.8. The van der Waals surface area contributed by atoms with Crippen LogP contribution in [0.25, 0.3) is 0 Å². The van der Waals surface area contributed by atoms with Crippen LogP contribution in [0.3, 0.4) is 0 Å². The van der Waals surface area contributed by atoms with E-state index in [1.54, 1.807) is 0 Å². The summed E-state index contributed by atoms with van der Waals surface area (Å²) in [6.07, 6.45) is -4.88. The largest absolute Gasteiger partial charge is 0.416 e. The number of nitro groups is 1. The maximum absolute atomic E-state index is 12.8. The molecule has 0 radical (unpaired) electrons. The number of amides is 1. The molecule has 0 saturated carbocycles. The van der Waals surface area contributed by atoms with Crippen molar-refractivity contribution in [3.8, 4) is 0 Å². The average molecular weight is 366 g/mol. The molecule has 1 aliphatic heterocycles. The van der Waals surface area contributed by atoms with Crippen LogP contribution >= 0.6 is 0 Å². The molecule has 0 unspecified atom stereocenters. The number of hydrogen-bond acceptors (Lipinski definition) is 6. The smallest absolute Gasteiger partial charge is 0.332 e. The lowest BCUT2D eigenvalue weighted by Crippen LogP contribution is -2.43. The molecule has 1 aliphatic rings. The van der Waals surface area contributed by atoms with Crippen LogP contribution in [0.15, 0.2) is 18.2 Å². The predicted octanol–water partition coefficient (Wildman–Crippen LogP) is 1.09. The van der Waals surface area contributed by atoms with Gasteiger partial charge in [0, 0.05) is 24.2 Å². The van der Waals surface area contributed by atoms with Crippen molar-refractivity contribution in [2.75, 3.05) is 19.7 Å². The number of non-ortho nitro benzene ring substituents is 1. The number of morpholine rings is 1. The van der Waals surface area contributed by atoms with Crippen LogP contribution in [0.2, 0.25) is 0 Å². The van der Waals surface area contributed by atoms with E-state index in [4.69, 9.17) is 4.74 Å². The van der Waals surface area contributed by atoms with Crippen molar-refractivity contribution in [2.24, 2.45) is 0 Å². The van der Waals surface area contributed by atoms with Gasteiger partial charge in [0.1, 0.15) is 0 Å². The Labute approximate surface area is 134 Å². The molecule has 1 amide bonds. The van der Waals surface area contributed by atoms with E-state index in [1.807, 2.05) is 0 Å². The van der Waals surface area contributed by atoms with Crippen LogP contribution in [0.1, 0.15) is 15.9 Å². The maximum Gasteiger partial charge on any atom is 0.416 e. The van der Waals surface area contributed by atoms with Crippen molar-refractivity contribution in [1.82, 2.24) is 4.90 Å². The Morgan fingerprint density at radius 1 is 1.29 bits per heavy atom. The Balaban J connectivity index is 2.43. The van der Waals surface area contributed by atoms with Crippen LogP contribution in [0.4, 0.5) is 18.9 Å². The third kappa shape index (κ3) is 3.89. The van der Waals surface area contributed by atoms with E-state index < -0.39 is 55.7 Å². The molecule has 0 spiro atoms. The first-order valence-corrected chi connectivity index (χ1v) is 7.41. The first-order chi connectivity index (χ1) is 11.1. The normalized spacial score (nSPS) is 15.3. The molecule has 1 aromatic rings. The Kier molecular flexibility index (Phi) is 4.89. The minimum atomic E-state index is -4.88. The zero-order valence-corrected chi connectivity index (χ0v) is 12.6. The van der Waals surface area contributed by atoms with E-state index in [0.29, 0.717) is 18.2 Å². The van der Waals surface area contributed by atoms with Crippen molar-refractivity contribution in [3.05, 3.63) is 39.4 Å². The van der Waals surface area contributed by atoms with Gasteiger partial charge < -0.3 is 9.64 Å². The second kappa shape index (κ2) is 6.57. The minimum Gasteiger partial charge on any atom is -0.332 e. The first kappa shape index (κ1) is 17.9. The van der Waals surface area contributed by atoms with Crippen molar-refractivity contribution >= 4 is 26.9 Å². The molecule has 0 N–H and O–H groups in total. The molecule has 8 nitrogen and oxygen atoms in total. The van der Waals surface area contributed by atoms with E-state index in [0.717, 1.165) is 4.90 Å². The second-order valence-corrected chi connectivity index (χ2v) is 5.63. The number of ether oxygens (including phenoxy) is 1. The van der Waals surface area contributed by atoms with Crippen molar-refractivity contribution in [1.29, 1.82) is 0 Å². The molecule has 0 bridgehead atoms. The van der Waals surface area contributed by atoms with Gasteiger partial charge in [-0.2, -0.15) is 21.6 Å². The van der Waals surface area contributed by atoms with Gasteiger partial charge >= 0.3 is 6.18 Å². The standard InChI is InChI=1S/C12H9F3N2O6S/c13-12(14,15)8-3-7(4-9(5-8)17(19)20)11(18)16-1-2-23-10(6-16)24(21)22/h3-5H,1-2,6H2. The molecular formula is C12H9F3N2O6S. The predicted molar refractivity (Wildman–Crippen MR) is 73.9 cm³/mol. The molecular weight excluding hydrogens is 357 g/mol. The van der Waals surface area contributed by atoms with Gasteiger partial charge in [0.2, 0.25) is 10.3 Å². The number of nitrogens with zero attached hydrogens (tertiary/aromatic N) is 2. The summed E-state index contributed by atoms with van der Waals surface area (Å²) >= 11 is 0. The molecule has 1 heterocycles. The van der Waals surface area contributed by atoms with Gasteiger partial charge in [0.05, 0.1) is 23.6 Å². The summed E-state index contributed by atoms with van der Waals surface area (Å²) in [5.41, 5.74) is -2.79. The van der Waals surface area contributed by atoms with E-state index in [2.05, 4.69) is 0 Å². The van der Waals surface area contributed by atoms with Crippen molar-refractivity contribution in [2.45, 2.75) is 6.18 Å². The highest BCUT2D eigenvalue weighted by Crippen LogP contribution is 2.33. The van der Waals surface area contributed by atoms with Gasteiger partial charge in [-0.25, -0.2) is 0 Å². The van der Waals surface area contributed by atoms with Crippen LogP contribution in [0.5, 0.6) is 0 Å². The molecule has 0 aromatic heterocycles. The summed E-state index contributed by atoms with van der Waals surface area (Å²) in [6.45, 7) is -0.682. The lowest BCUT2D eigenvalue weighted by atomic mass is 10.1. The molecule has 1 fully saturated rings. The van der Waals surface area contributed by atoms with Gasteiger partial charge in [0.25, 0.3) is 11.6 Å². The number of carbonyl (C=O) groups excluding carboxylic acids is 1. The van der Waals surface area contributed by atoms with Gasteiger partial charge in [-0.1, -0.05) is 0 Å². The van der Waals surface area contributed by atoms with Crippen LogP contribution in [-0.4, -0.2) is 48.9 Å². The fourth-order valence-corrected chi connectivity index (χ4v) is 2.45. The first-order valence-electron chi connectivity index (χ1n) is 6.33. The quantitative estimate of drug-likeness (QED) is 0.441. The average Bonchev–Trinajstić information content (AvgIpc) is 2.53. The summed E-state index contributed by atoms with van der Waals surface area (Å²) < 4.78 is 65.0. The zero-order valence-electron chi connectivity index (χ0n) is 11.7. The molecule has 1 aromatic carbocycles. The Morgan fingerprint density at radius 3 is 2.50 bits per heavy atom. The lowest BCUT2D eigenvalue weighted by Gasteiger charge is -2.26. The van der Waals surface area contributed by atoms with E-state index in [9.17, 15) is 36.5 Å². The number of hydrogen-bond donors (Lipinski definition) is 0. The van der Waals surface area contributed by atoms with Gasteiger partial charge in [-0.3, -0.25) is 14.9 Å². The van der Waals surface area contributed by atoms with E-state index in [1.165, 1.54) is 0 Å². The van der Waals surface area contributed by atoms with E-state index >= 15 is 0 Å². The van der Waals surface area contributed by atoms with Crippen molar-refractivity contribution < 1.29 is 36.0 Å². The highest BCUT2D eigenvalue weighted by molar-refractivity contribution is 7.72. The Bertz CT molecular complexity index is 826. The Hall–Kier alpha value is -2.47.